The molecule has 1 heterocycles. The van der Waals surface area contributed by atoms with E-state index in [1.165, 1.54) is 10.6 Å². The number of rotatable bonds is 3. The van der Waals surface area contributed by atoms with Crippen molar-refractivity contribution in [3.63, 3.8) is 0 Å². The van der Waals surface area contributed by atoms with E-state index in [0.717, 1.165) is 0 Å². The first kappa shape index (κ1) is 11.1. The summed E-state index contributed by atoms with van der Waals surface area (Å²) in [6.07, 6.45) is 1.55. The molecule has 0 aliphatic carbocycles. The number of aromatic nitrogens is 1. The van der Waals surface area contributed by atoms with E-state index in [9.17, 15) is 9.59 Å². The van der Waals surface area contributed by atoms with E-state index in [-0.39, 0.29) is 12.1 Å². The number of hydrogen-bond donors (Lipinski definition) is 0. The van der Waals surface area contributed by atoms with Gasteiger partial charge in [-0.2, -0.15) is 0 Å². The van der Waals surface area contributed by atoms with Gasteiger partial charge in [-0.3, -0.25) is 4.79 Å². The number of benzene rings is 1. The second-order valence-electron chi connectivity index (χ2n) is 3.45. The lowest BCUT2D eigenvalue weighted by Crippen LogP contribution is -2.25. The van der Waals surface area contributed by atoms with E-state index in [1.54, 1.807) is 42.6 Å². The van der Waals surface area contributed by atoms with Crippen molar-refractivity contribution in [1.82, 2.24) is 4.57 Å². The molecule has 1 aromatic heterocycles. The highest BCUT2D eigenvalue weighted by Gasteiger charge is 2.06. The summed E-state index contributed by atoms with van der Waals surface area (Å²) in [5, 5.41) is 0. The number of esters is 1. The van der Waals surface area contributed by atoms with E-state index in [0.29, 0.717) is 5.75 Å². The number of nitrogens with zero attached hydrogens (tertiary/aromatic N) is 1. The highest BCUT2D eigenvalue weighted by Crippen LogP contribution is 2.08. The van der Waals surface area contributed by atoms with Crippen molar-refractivity contribution in [2.75, 3.05) is 0 Å². The number of para-hydroxylation sites is 1. The summed E-state index contributed by atoms with van der Waals surface area (Å²) in [6, 6.07) is 13.5. The summed E-state index contributed by atoms with van der Waals surface area (Å²) in [6.45, 7) is -0.0887. The third kappa shape index (κ3) is 3.04. The number of carbonyl (C=O) groups excluding carboxylic acids is 1. The summed E-state index contributed by atoms with van der Waals surface area (Å²) in [5.41, 5.74) is -0.225. The molecular formula is C13H11NO3. The Hall–Kier alpha value is -2.36. The fourth-order valence-electron chi connectivity index (χ4n) is 1.38. The first-order chi connectivity index (χ1) is 8.25. The third-order valence-electron chi connectivity index (χ3n) is 2.17. The van der Waals surface area contributed by atoms with Gasteiger partial charge in [0.05, 0.1) is 0 Å². The van der Waals surface area contributed by atoms with Crippen LogP contribution in [0, 0.1) is 0 Å². The lowest BCUT2D eigenvalue weighted by atomic mass is 10.3. The lowest BCUT2D eigenvalue weighted by molar-refractivity contribution is -0.135. The van der Waals surface area contributed by atoms with Gasteiger partial charge in [-0.15, -0.1) is 0 Å². The normalized spacial score (nSPS) is 9.88. The van der Waals surface area contributed by atoms with Gasteiger partial charge in [0.2, 0.25) is 0 Å². The van der Waals surface area contributed by atoms with Crippen LogP contribution >= 0.6 is 0 Å². The van der Waals surface area contributed by atoms with Gasteiger partial charge in [0.15, 0.2) is 0 Å². The molecule has 86 valence electrons. The molecule has 4 nitrogen and oxygen atoms in total. The van der Waals surface area contributed by atoms with Crippen molar-refractivity contribution < 1.29 is 9.53 Å². The van der Waals surface area contributed by atoms with E-state index in [2.05, 4.69) is 0 Å². The maximum absolute atomic E-state index is 11.6. The minimum atomic E-state index is -0.468. The second kappa shape index (κ2) is 5.12. The Labute approximate surface area is 98.1 Å². The van der Waals surface area contributed by atoms with Gasteiger partial charge in [-0.25, -0.2) is 4.79 Å². The summed E-state index contributed by atoms with van der Waals surface area (Å²) in [7, 11) is 0. The van der Waals surface area contributed by atoms with Crippen LogP contribution in [0.3, 0.4) is 0 Å². The molecule has 17 heavy (non-hydrogen) atoms. The molecule has 0 unspecified atom stereocenters. The molecule has 0 spiro atoms. The number of carbonyl (C=O) groups is 1. The average molecular weight is 229 g/mol. The van der Waals surface area contributed by atoms with Crippen LogP contribution in [0.4, 0.5) is 0 Å². The minimum Gasteiger partial charge on any atom is -0.425 e. The van der Waals surface area contributed by atoms with Gasteiger partial charge < -0.3 is 9.30 Å². The Morgan fingerprint density at radius 3 is 2.47 bits per heavy atom. The highest BCUT2D eigenvalue weighted by molar-refractivity contribution is 5.72. The van der Waals surface area contributed by atoms with Gasteiger partial charge in [0.1, 0.15) is 12.3 Å². The average Bonchev–Trinajstić information content (AvgIpc) is 2.33. The summed E-state index contributed by atoms with van der Waals surface area (Å²) >= 11 is 0. The monoisotopic (exact) mass is 229 g/mol. The van der Waals surface area contributed by atoms with E-state index in [1.807, 2.05) is 6.07 Å². The molecule has 0 atom stereocenters. The fraction of sp³-hybridized carbons (Fsp3) is 0.0769. The van der Waals surface area contributed by atoms with Crippen LogP contribution in [0.1, 0.15) is 0 Å². The van der Waals surface area contributed by atoms with Crippen LogP contribution in [0.5, 0.6) is 5.75 Å². The van der Waals surface area contributed by atoms with Gasteiger partial charge in [0, 0.05) is 12.3 Å². The maximum atomic E-state index is 11.6. The van der Waals surface area contributed by atoms with E-state index < -0.39 is 5.97 Å². The lowest BCUT2D eigenvalue weighted by Gasteiger charge is -2.05. The third-order valence-corrected chi connectivity index (χ3v) is 2.17. The molecule has 2 aromatic rings. The van der Waals surface area contributed by atoms with Crippen LogP contribution in [0.25, 0.3) is 0 Å². The molecule has 0 radical (unpaired) electrons. The smallest absolute Gasteiger partial charge is 0.331 e. The Morgan fingerprint density at radius 2 is 1.76 bits per heavy atom. The molecule has 0 amide bonds. The van der Waals surface area contributed by atoms with E-state index >= 15 is 0 Å². The maximum Gasteiger partial charge on any atom is 0.331 e. The zero-order valence-electron chi connectivity index (χ0n) is 9.08. The minimum absolute atomic E-state index is 0.0887. The zero-order chi connectivity index (χ0) is 12.1. The standard InChI is InChI=1S/C13H11NO3/c15-12-8-4-5-9-14(12)10-13(16)17-11-6-2-1-3-7-11/h1-9H,10H2. The molecule has 4 heteroatoms. The molecule has 0 aliphatic rings. The quantitative estimate of drug-likeness (QED) is 0.591. The van der Waals surface area contributed by atoms with Crippen LogP contribution in [0.2, 0.25) is 0 Å². The Bertz CT molecular complexity index is 560. The molecular weight excluding hydrogens is 218 g/mol. The summed E-state index contributed by atoms with van der Waals surface area (Å²) < 4.78 is 6.37. The van der Waals surface area contributed by atoms with Gasteiger partial charge in [0.25, 0.3) is 5.56 Å². The molecule has 2 rings (SSSR count). The van der Waals surface area contributed by atoms with Crippen molar-refractivity contribution in [1.29, 1.82) is 0 Å². The van der Waals surface area contributed by atoms with Gasteiger partial charge in [-0.1, -0.05) is 24.3 Å². The highest BCUT2D eigenvalue weighted by atomic mass is 16.5. The molecule has 0 bridgehead atoms. The van der Waals surface area contributed by atoms with Gasteiger partial charge in [-0.05, 0) is 18.2 Å². The first-order valence-electron chi connectivity index (χ1n) is 5.17. The largest absolute Gasteiger partial charge is 0.425 e. The summed E-state index contributed by atoms with van der Waals surface area (Å²) in [5.74, 6) is 0.00554. The van der Waals surface area contributed by atoms with Crippen molar-refractivity contribution in [3.05, 3.63) is 65.1 Å². The number of ether oxygens (including phenoxy) is 1. The predicted molar refractivity (Wildman–Crippen MR) is 62.8 cm³/mol. The van der Waals surface area contributed by atoms with Crippen LogP contribution in [-0.2, 0) is 11.3 Å². The predicted octanol–water partition coefficient (Wildman–Crippen LogP) is 1.45. The van der Waals surface area contributed by atoms with Crippen molar-refractivity contribution in [2.45, 2.75) is 6.54 Å². The van der Waals surface area contributed by atoms with Crippen molar-refractivity contribution >= 4 is 5.97 Å². The van der Waals surface area contributed by atoms with E-state index in [4.69, 9.17) is 4.74 Å². The van der Waals surface area contributed by atoms with Crippen LogP contribution < -0.4 is 10.3 Å². The zero-order valence-corrected chi connectivity index (χ0v) is 9.08. The fourth-order valence-corrected chi connectivity index (χ4v) is 1.38. The Morgan fingerprint density at radius 1 is 1.06 bits per heavy atom. The molecule has 0 saturated carbocycles. The number of hydrogen-bond acceptors (Lipinski definition) is 3. The molecule has 0 aliphatic heterocycles. The Balaban J connectivity index is 2.04. The van der Waals surface area contributed by atoms with Crippen molar-refractivity contribution in [3.8, 4) is 5.75 Å². The SMILES string of the molecule is O=C(Cn1ccccc1=O)Oc1ccccc1. The molecule has 1 aromatic carbocycles. The van der Waals surface area contributed by atoms with Crippen LogP contribution in [-0.4, -0.2) is 10.5 Å². The summed E-state index contributed by atoms with van der Waals surface area (Å²) in [4.78, 5) is 22.9. The van der Waals surface area contributed by atoms with Crippen LogP contribution in [0.15, 0.2) is 59.5 Å². The van der Waals surface area contributed by atoms with Gasteiger partial charge >= 0.3 is 5.97 Å². The number of pyridine rings is 1. The molecule has 0 fully saturated rings. The second-order valence-corrected chi connectivity index (χ2v) is 3.45. The van der Waals surface area contributed by atoms with Crippen molar-refractivity contribution in [2.24, 2.45) is 0 Å². The molecule has 0 saturated heterocycles. The topological polar surface area (TPSA) is 48.3 Å². The molecule has 0 N–H and O–H groups in total. The Kier molecular flexibility index (Phi) is 3.35. The first-order valence-corrected chi connectivity index (χ1v) is 5.17.